The lowest BCUT2D eigenvalue weighted by atomic mass is 10.1. The van der Waals surface area contributed by atoms with Crippen molar-refractivity contribution in [2.75, 3.05) is 36.0 Å². The van der Waals surface area contributed by atoms with E-state index in [0.717, 1.165) is 31.9 Å². The lowest BCUT2D eigenvalue weighted by Gasteiger charge is -2.25. The van der Waals surface area contributed by atoms with Crippen LogP contribution in [0, 0.1) is 0 Å². The van der Waals surface area contributed by atoms with Crippen molar-refractivity contribution in [1.29, 1.82) is 0 Å². The van der Waals surface area contributed by atoms with Crippen LogP contribution in [-0.2, 0) is 6.42 Å². The van der Waals surface area contributed by atoms with Gasteiger partial charge in [-0.2, -0.15) is 0 Å². The van der Waals surface area contributed by atoms with Gasteiger partial charge in [-0.15, -0.1) is 0 Å². The number of nitrogens with one attached hydrogen (secondary N) is 1. The topological polar surface area (TPSA) is 48.5 Å². The van der Waals surface area contributed by atoms with E-state index in [2.05, 4.69) is 51.3 Å². The Bertz CT molecular complexity index is 768. The smallest absolute Gasteiger partial charge is 0.252 e. The van der Waals surface area contributed by atoms with Crippen LogP contribution in [0.15, 0.2) is 42.6 Å². The van der Waals surface area contributed by atoms with Crippen LogP contribution in [0.2, 0.25) is 0 Å². The van der Waals surface area contributed by atoms with Gasteiger partial charge < -0.3 is 15.1 Å². The monoisotopic (exact) mass is 350 g/mol. The molecule has 0 aliphatic carbocycles. The number of hydrogen-bond donors (Lipinski definition) is 1. The van der Waals surface area contributed by atoms with Crippen molar-refractivity contribution in [2.24, 2.45) is 0 Å². The summed E-state index contributed by atoms with van der Waals surface area (Å²) < 4.78 is 0. The molecule has 2 aromatic rings. The Morgan fingerprint density at radius 2 is 2.00 bits per heavy atom. The Morgan fingerprint density at radius 1 is 1.19 bits per heavy atom. The highest BCUT2D eigenvalue weighted by Gasteiger charge is 2.25. The van der Waals surface area contributed by atoms with Crippen molar-refractivity contribution in [3.8, 4) is 0 Å². The second kappa shape index (κ2) is 7.36. The van der Waals surface area contributed by atoms with Crippen LogP contribution in [0.5, 0.6) is 0 Å². The SMILES string of the molecule is CC1Cc2ccccc2N1CCNC(=O)c1ccc(N2CCCC2)nc1. The molecule has 1 atom stereocenters. The van der Waals surface area contributed by atoms with Crippen molar-refractivity contribution >= 4 is 17.4 Å². The maximum absolute atomic E-state index is 12.4. The van der Waals surface area contributed by atoms with Gasteiger partial charge in [0.25, 0.3) is 5.91 Å². The molecule has 1 fully saturated rings. The van der Waals surface area contributed by atoms with E-state index in [1.165, 1.54) is 24.1 Å². The predicted octanol–water partition coefficient (Wildman–Crippen LogP) is 2.86. The summed E-state index contributed by atoms with van der Waals surface area (Å²) in [6, 6.07) is 12.8. The average molecular weight is 350 g/mol. The van der Waals surface area contributed by atoms with Crippen molar-refractivity contribution < 1.29 is 4.79 Å². The molecule has 4 rings (SSSR count). The maximum Gasteiger partial charge on any atom is 0.252 e. The van der Waals surface area contributed by atoms with E-state index < -0.39 is 0 Å². The van der Waals surface area contributed by atoms with Crippen LogP contribution in [0.4, 0.5) is 11.5 Å². The number of nitrogens with zero attached hydrogens (tertiary/aromatic N) is 3. The molecule has 1 aromatic heterocycles. The maximum atomic E-state index is 12.4. The summed E-state index contributed by atoms with van der Waals surface area (Å²) in [5.41, 5.74) is 3.32. The van der Waals surface area contributed by atoms with Crippen molar-refractivity contribution in [1.82, 2.24) is 10.3 Å². The number of aromatic nitrogens is 1. The number of carbonyl (C=O) groups excluding carboxylic acids is 1. The lowest BCUT2D eigenvalue weighted by molar-refractivity contribution is 0.0954. The van der Waals surface area contributed by atoms with E-state index in [1.54, 1.807) is 6.20 Å². The number of hydrogen-bond acceptors (Lipinski definition) is 4. The summed E-state index contributed by atoms with van der Waals surface area (Å²) in [4.78, 5) is 21.5. The number of rotatable bonds is 5. The quantitative estimate of drug-likeness (QED) is 0.901. The second-order valence-electron chi connectivity index (χ2n) is 7.23. The molecule has 2 aliphatic heterocycles. The molecule has 1 unspecified atom stereocenters. The van der Waals surface area contributed by atoms with Crippen LogP contribution in [0.25, 0.3) is 0 Å². The summed E-state index contributed by atoms with van der Waals surface area (Å²) >= 11 is 0. The minimum absolute atomic E-state index is 0.0504. The lowest BCUT2D eigenvalue weighted by Crippen LogP contribution is -2.37. The first-order valence-corrected chi connectivity index (χ1v) is 9.56. The molecule has 1 amide bonds. The molecular formula is C21H26N4O. The fraction of sp³-hybridized carbons (Fsp3) is 0.429. The van der Waals surface area contributed by atoms with Crippen molar-refractivity contribution in [3.05, 3.63) is 53.7 Å². The normalized spacial score (nSPS) is 18.9. The standard InChI is InChI=1S/C21H26N4O/c1-16-14-17-6-2-3-7-19(17)25(16)13-10-22-21(26)18-8-9-20(23-15-18)24-11-4-5-12-24/h2-3,6-9,15-16H,4-5,10-14H2,1H3,(H,22,26). The number of amides is 1. The molecule has 2 aliphatic rings. The Morgan fingerprint density at radius 3 is 2.77 bits per heavy atom. The van der Waals surface area contributed by atoms with E-state index in [9.17, 15) is 4.79 Å². The van der Waals surface area contributed by atoms with Crippen LogP contribution in [-0.4, -0.2) is 43.1 Å². The molecule has 136 valence electrons. The van der Waals surface area contributed by atoms with Gasteiger partial charge in [-0.25, -0.2) is 4.98 Å². The molecule has 26 heavy (non-hydrogen) atoms. The molecule has 0 saturated carbocycles. The zero-order valence-electron chi connectivity index (χ0n) is 15.3. The van der Waals surface area contributed by atoms with Gasteiger partial charge in [0, 0.05) is 44.1 Å². The Kier molecular flexibility index (Phi) is 4.78. The number of para-hydroxylation sites is 1. The number of carbonyl (C=O) groups is 1. The highest BCUT2D eigenvalue weighted by atomic mass is 16.1. The summed E-state index contributed by atoms with van der Waals surface area (Å²) in [7, 11) is 0. The molecule has 5 heteroatoms. The number of anilines is 2. The third kappa shape index (κ3) is 3.39. The third-order valence-electron chi connectivity index (χ3n) is 5.43. The largest absolute Gasteiger partial charge is 0.367 e. The highest BCUT2D eigenvalue weighted by Crippen LogP contribution is 2.31. The first-order valence-electron chi connectivity index (χ1n) is 9.56. The highest BCUT2D eigenvalue weighted by molar-refractivity contribution is 5.94. The van der Waals surface area contributed by atoms with Crippen LogP contribution in [0.1, 0.15) is 35.7 Å². The van der Waals surface area contributed by atoms with Gasteiger partial charge in [-0.3, -0.25) is 4.79 Å². The van der Waals surface area contributed by atoms with Gasteiger partial charge in [0.15, 0.2) is 0 Å². The third-order valence-corrected chi connectivity index (χ3v) is 5.43. The Labute approximate surface area is 155 Å². The molecule has 0 radical (unpaired) electrons. The summed E-state index contributed by atoms with van der Waals surface area (Å²) in [5.74, 6) is 0.923. The summed E-state index contributed by atoms with van der Waals surface area (Å²) in [5, 5.41) is 3.03. The minimum atomic E-state index is -0.0504. The first-order chi connectivity index (χ1) is 12.7. The van der Waals surface area contributed by atoms with Gasteiger partial charge in [0.2, 0.25) is 0 Å². The minimum Gasteiger partial charge on any atom is -0.367 e. The fourth-order valence-electron chi connectivity index (χ4n) is 4.02. The molecular weight excluding hydrogens is 324 g/mol. The average Bonchev–Trinajstić information content (AvgIpc) is 3.30. The molecule has 0 bridgehead atoms. The number of benzene rings is 1. The van der Waals surface area contributed by atoms with E-state index in [1.807, 2.05) is 12.1 Å². The number of fused-ring (bicyclic) bond motifs is 1. The van der Waals surface area contributed by atoms with E-state index >= 15 is 0 Å². The summed E-state index contributed by atoms with van der Waals surface area (Å²) in [6.07, 6.45) is 5.21. The van der Waals surface area contributed by atoms with E-state index in [0.29, 0.717) is 18.2 Å². The number of pyridine rings is 1. The van der Waals surface area contributed by atoms with Gasteiger partial charge in [0.1, 0.15) is 5.82 Å². The van der Waals surface area contributed by atoms with Gasteiger partial charge in [-0.1, -0.05) is 18.2 Å². The molecule has 3 heterocycles. The van der Waals surface area contributed by atoms with Crippen molar-refractivity contribution in [2.45, 2.75) is 32.2 Å². The van der Waals surface area contributed by atoms with Gasteiger partial charge in [-0.05, 0) is 49.9 Å². The molecule has 0 spiro atoms. The summed E-state index contributed by atoms with van der Waals surface area (Å²) in [6.45, 7) is 5.82. The molecule has 5 nitrogen and oxygen atoms in total. The van der Waals surface area contributed by atoms with Crippen LogP contribution >= 0.6 is 0 Å². The van der Waals surface area contributed by atoms with Crippen LogP contribution in [0.3, 0.4) is 0 Å². The van der Waals surface area contributed by atoms with Gasteiger partial charge >= 0.3 is 0 Å². The van der Waals surface area contributed by atoms with E-state index in [4.69, 9.17) is 0 Å². The van der Waals surface area contributed by atoms with Gasteiger partial charge in [0.05, 0.1) is 5.56 Å². The predicted molar refractivity (Wildman–Crippen MR) is 105 cm³/mol. The Hall–Kier alpha value is -2.56. The molecule has 1 saturated heterocycles. The zero-order chi connectivity index (χ0) is 17.9. The molecule has 1 aromatic carbocycles. The Balaban J connectivity index is 1.31. The van der Waals surface area contributed by atoms with E-state index in [-0.39, 0.29) is 5.91 Å². The fourth-order valence-corrected chi connectivity index (χ4v) is 4.02. The van der Waals surface area contributed by atoms with Crippen molar-refractivity contribution in [3.63, 3.8) is 0 Å². The molecule has 1 N–H and O–H groups in total. The first kappa shape index (κ1) is 16.9. The second-order valence-corrected chi connectivity index (χ2v) is 7.23. The van der Waals surface area contributed by atoms with Crippen LogP contribution < -0.4 is 15.1 Å². The zero-order valence-corrected chi connectivity index (χ0v) is 15.3.